The van der Waals surface area contributed by atoms with E-state index in [1.807, 2.05) is 17.9 Å². The molecular formula is C14H19FN2O. The van der Waals surface area contributed by atoms with E-state index < -0.39 is 0 Å². The van der Waals surface area contributed by atoms with Gasteiger partial charge < -0.3 is 10.2 Å². The van der Waals surface area contributed by atoms with Gasteiger partial charge in [-0.25, -0.2) is 4.39 Å². The number of carbonyl (C=O) groups is 1. The number of anilines is 1. The van der Waals surface area contributed by atoms with Gasteiger partial charge in [-0.05, 0) is 37.5 Å². The van der Waals surface area contributed by atoms with Crippen molar-refractivity contribution in [3.63, 3.8) is 0 Å². The number of nitrogens with zero attached hydrogens (tertiary/aromatic N) is 1. The van der Waals surface area contributed by atoms with Gasteiger partial charge in [-0.3, -0.25) is 4.79 Å². The Balaban J connectivity index is 1.93. The Bertz CT molecular complexity index is 439. The van der Waals surface area contributed by atoms with E-state index in [2.05, 4.69) is 5.32 Å². The van der Waals surface area contributed by atoms with Gasteiger partial charge in [0.2, 0.25) is 5.91 Å². The van der Waals surface area contributed by atoms with Crippen molar-refractivity contribution in [2.75, 3.05) is 18.4 Å². The third-order valence-corrected chi connectivity index (χ3v) is 3.42. The maximum absolute atomic E-state index is 13.7. The molecule has 0 unspecified atom stereocenters. The Labute approximate surface area is 107 Å². The summed E-state index contributed by atoms with van der Waals surface area (Å²) < 4.78 is 13.7. The van der Waals surface area contributed by atoms with Gasteiger partial charge in [0, 0.05) is 26.1 Å². The molecule has 1 aromatic carbocycles. The van der Waals surface area contributed by atoms with Crippen LogP contribution in [0.1, 0.15) is 25.3 Å². The highest BCUT2D eigenvalue weighted by atomic mass is 19.1. The molecule has 4 heteroatoms. The van der Waals surface area contributed by atoms with Crippen LogP contribution in [0.4, 0.5) is 10.1 Å². The first-order valence-electron chi connectivity index (χ1n) is 6.34. The number of hydrogen-bond donors (Lipinski definition) is 1. The molecule has 0 aromatic heterocycles. The normalized spacial score (nSPS) is 16.7. The van der Waals surface area contributed by atoms with Crippen molar-refractivity contribution in [3.8, 4) is 0 Å². The molecule has 0 saturated carbocycles. The minimum absolute atomic E-state index is 0.120. The summed E-state index contributed by atoms with van der Waals surface area (Å²) in [5, 5.41) is 3.22. The van der Waals surface area contributed by atoms with Gasteiger partial charge >= 0.3 is 0 Å². The third-order valence-electron chi connectivity index (χ3n) is 3.42. The highest BCUT2D eigenvalue weighted by molar-refractivity contribution is 5.73. The molecule has 0 atom stereocenters. The van der Waals surface area contributed by atoms with Gasteiger partial charge in [-0.2, -0.15) is 0 Å². The van der Waals surface area contributed by atoms with Crippen LogP contribution in [0.25, 0.3) is 0 Å². The zero-order valence-electron chi connectivity index (χ0n) is 10.9. The quantitative estimate of drug-likeness (QED) is 0.875. The SMILES string of the molecule is CC(=O)N1CCC(Nc2ccc(C)cc2F)CC1. The summed E-state index contributed by atoms with van der Waals surface area (Å²) in [6.45, 7) is 4.96. The first-order valence-corrected chi connectivity index (χ1v) is 6.34. The van der Waals surface area contributed by atoms with Crippen LogP contribution in [-0.2, 0) is 4.79 Å². The van der Waals surface area contributed by atoms with E-state index in [0.29, 0.717) is 5.69 Å². The van der Waals surface area contributed by atoms with E-state index in [1.54, 1.807) is 13.0 Å². The van der Waals surface area contributed by atoms with Crippen LogP contribution in [0.5, 0.6) is 0 Å². The fourth-order valence-electron chi connectivity index (χ4n) is 2.30. The van der Waals surface area contributed by atoms with Crippen LogP contribution >= 0.6 is 0 Å². The molecule has 1 heterocycles. The smallest absolute Gasteiger partial charge is 0.219 e. The Morgan fingerprint density at radius 2 is 2.06 bits per heavy atom. The van der Waals surface area contributed by atoms with Crippen LogP contribution < -0.4 is 5.32 Å². The molecule has 0 bridgehead atoms. The molecule has 18 heavy (non-hydrogen) atoms. The summed E-state index contributed by atoms with van der Waals surface area (Å²) in [6, 6.07) is 5.46. The average Bonchev–Trinajstić information content (AvgIpc) is 2.33. The summed E-state index contributed by atoms with van der Waals surface area (Å²) in [6.07, 6.45) is 1.74. The van der Waals surface area contributed by atoms with Crippen LogP contribution in [-0.4, -0.2) is 29.9 Å². The molecule has 0 spiro atoms. The van der Waals surface area contributed by atoms with Crippen molar-refractivity contribution in [1.29, 1.82) is 0 Å². The molecule has 1 aromatic rings. The summed E-state index contributed by atoms with van der Waals surface area (Å²) in [5.41, 5.74) is 1.48. The Morgan fingerprint density at radius 1 is 1.39 bits per heavy atom. The van der Waals surface area contributed by atoms with E-state index in [4.69, 9.17) is 0 Å². The minimum atomic E-state index is -0.205. The molecule has 1 fully saturated rings. The van der Waals surface area contributed by atoms with E-state index in [9.17, 15) is 9.18 Å². The second-order valence-corrected chi connectivity index (χ2v) is 4.91. The number of benzene rings is 1. The molecular weight excluding hydrogens is 231 g/mol. The summed E-state index contributed by atoms with van der Waals surface area (Å²) in [4.78, 5) is 13.0. The van der Waals surface area contributed by atoms with Crippen molar-refractivity contribution in [2.45, 2.75) is 32.7 Å². The van der Waals surface area contributed by atoms with E-state index in [0.717, 1.165) is 31.5 Å². The fraction of sp³-hybridized carbons (Fsp3) is 0.500. The number of hydrogen-bond acceptors (Lipinski definition) is 2. The van der Waals surface area contributed by atoms with Gasteiger partial charge in [0.1, 0.15) is 5.82 Å². The number of piperidine rings is 1. The Morgan fingerprint density at radius 3 is 2.61 bits per heavy atom. The molecule has 1 aliphatic heterocycles. The van der Waals surface area contributed by atoms with Gasteiger partial charge in [-0.15, -0.1) is 0 Å². The predicted octanol–water partition coefficient (Wildman–Crippen LogP) is 2.56. The number of aryl methyl sites for hydroxylation is 1. The van der Waals surface area contributed by atoms with Crippen LogP contribution in [0.3, 0.4) is 0 Å². The maximum Gasteiger partial charge on any atom is 0.219 e. The highest BCUT2D eigenvalue weighted by Gasteiger charge is 2.21. The van der Waals surface area contributed by atoms with Crippen LogP contribution in [0, 0.1) is 12.7 Å². The van der Waals surface area contributed by atoms with E-state index in [1.165, 1.54) is 6.07 Å². The second-order valence-electron chi connectivity index (χ2n) is 4.91. The highest BCUT2D eigenvalue weighted by Crippen LogP contribution is 2.20. The first-order chi connectivity index (χ1) is 8.56. The minimum Gasteiger partial charge on any atom is -0.380 e. The lowest BCUT2D eigenvalue weighted by Crippen LogP contribution is -2.41. The lowest BCUT2D eigenvalue weighted by atomic mass is 10.0. The fourth-order valence-corrected chi connectivity index (χ4v) is 2.30. The number of likely N-dealkylation sites (tertiary alicyclic amines) is 1. The summed E-state index contributed by atoms with van der Waals surface area (Å²) >= 11 is 0. The number of carbonyl (C=O) groups excluding carboxylic acids is 1. The molecule has 1 aliphatic rings. The van der Waals surface area contributed by atoms with Crippen molar-refractivity contribution >= 4 is 11.6 Å². The van der Waals surface area contributed by atoms with Crippen LogP contribution in [0.15, 0.2) is 18.2 Å². The van der Waals surface area contributed by atoms with Gasteiger partial charge in [0.15, 0.2) is 0 Å². The lowest BCUT2D eigenvalue weighted by molar-refractivity contribution is -0.129. The zero-order chi connectivity index (χ0) is 13.1. The number of amides is 1. The molecule has 98 valence electrons. The van der Waals surface area contributed by atoms with Crippen molar-refractivity contribution < 1.29 is 9.18 Å². The lowest BCUT2D eigenvalue weighted by Gasteiger charge is -2.32. The molecule has 1 amide bonds. The van der Waals surface area contributed by atoms with E-state index >= 15 is 0 Å². The largest absolute Gasteiger partial charge is 0.380 e. The second kappa shape index (κ2) is 5.38. The summed E-state index contributed by atoms with van der Waals surface area (Å²) in [5.74, 6) is -0.0843. The van der Waals surface area contributed by atoms with Gasteiger partial charge in [-0.1, -0.05) is 6.07 Å². The maximum atomic E-state index is 13.7. The van der Waals surface area contributed by atoms with Crippen molar-refractivity contribution in [3.05, 3.63) is 29.6 Å². The number of halogens is 1. The van der Waals surface area contributed by atoms with E-state index in [-0.39, 0.29) is 17.8 Å². The molecule has 3 nitrogen and oxygen atoms in total. The molecule has 2 rings (SSSR count). The predicted molar refractivity (Wildman–Crippen MR) is 70.0 cm³/mol. The topological polar surface area (TPSA) is 32.3 Å². The average molecular weight is 250 g/mol. The Hall–Kier alpha value is -1.58. The molecule has 0 radical (unpaired) electrons. The monoisotopic (exact) mass is 250 g/mol. The molecule has 1 saturated heterocycles. The van der Waals surface area contributed by atoms with Crippen molar-refractivity contribution in [2.24, 2.45) is 0 Å². The summed E-state index contributed by atoms with van der Waals surface area (Å²) in [7, 11) is 0. The van der Waals surface area contributed by atoms with Gasteiger partial charge in [0.05, 0.1) is 5.69 Å². The van der Waals surface area contributed by atoms with Crippen molar-refractivity contribution in [1.82, 2.24) is 4.90 Å². The number of nitrogens with one attached hydrogen (secondary N) is 1. The Kier molecular flexibility index (Phi) is 3.84. The molecule has 1 N–H and O–H groups in total. The third kappa shape index (κ3) is 3.00. The van der Waals surface area contributed by atoms with Crippen LogP contribution in [0.2, 0.25) is 0 Å². The first kappa shape index (κ1) is 12.9. The zero-order valence-corrected chi connectivity index (χ0v) is 10.9. The standard InChI is InChI=1S/C14H19FN2O/c1-10-3-4-14(13(15)9-10)16-12-5-7-17(8-6-12)11(2)18/h3-4,9,12,16H,5-8H2,1-2H3. The van der Waals surface area contributed by atoms with Gasteiger partial charge in [0.25, 0.3) is 0 Å². The number of rotatable bonds is 2. The molecule has 0 aliphatic carbocycles.